The molecule has 3 N–H and O–H groups in total. The van der Waals surface area contributed by atoms with Crippen molar-refractivity contribution >= 4 is 21.7 Å². The molecule has 0 fully saturated rings. The van der Waals surface area contributed by atoms with Crippen molar-refractivity contribution in [3.63, 3.8) is 0 Å². The van der Waals surface area contributed by atoms with E-state index in [-0.39, 0.29) is 11.4 Å². The normalized spacial score (nSPS) is 10.8. The van der Waals surface area contributed by atoms with Crippen molar-refractivity contribution in [1.29, 1.82) is 5.26 Å². The Bertz CT molecular complexity index is 1140. The zero-order valence-electron chi connectivity index (χ0n) is 15.9. The summed E-state index contributed by atoms with van der Waals surface area (Å²) >= 11 is 0. The van der Waals surface area contributed by atoms with Crippen molar-refractivity contribution in [3.05, 3.63) is 89.7 Å². The minimum atomic E-state index is -3.71. The van der Waals surface area contributed by atoms with Crippen LogP contribution in [0, 0.1) is 11.3 Å². The highest BCUT2D eigenvalue weighted by molar-refractivity contribution is 7.89. The largest absolute Gasteiger partial charge is 0.334 e. The summed E-state index contributed by atoms with van der Waals surface area (Å²) in [6.07, 6.45) is 3.28. The fourth-order valence-electron chi connectivity index (χ4n) is 2.53. The Labute approximate surface area is 174 Å². The lowest BCUT2D eigenvalue weighted by Crippen LogP contribution is -2.28. The maximum atomic E-state index is 12.5. The second-order valence-corrected chi connectivity index (χ2v) is 8.09. The molecule has 0 atom stereocenters. The van der Waals surface area contributed by atoms with Crippen molar-refractivity contribution < 1.29 is 13.2 Å². The van der Waals surface area contributed by atoms with Gasteiger partial charge in [-0.1, -0.05) is 12.1 Å². The third-order valence-corrected chi connectivity index (χ3v) is 5.59. The summed E-state index contributed by atoms with van der Waals surface area (Å²) in [7, 11) is -3.71. The van der Waals surface area contributed by atoms with E-state index in [0.29, 0.717) is 17.8 Å². The molecule has 0 bridgehead atoms. The Morgan fingerprint density at radius 2 is 1.53 bits per heavy atom. The Morgan fingerprint density at radius 3 is 2.17 bits per heavy atom. The SMILES string of the molecule is N#Cc1ccc(CNS(=O)(=O)c2ccc(NC(=O)NCc3ccncc3)cc2)cc1. The number of amides is 2. The highest BCUT2D eigenvalue weighted by Gasteiger charge is 2.14. The summed E-state index contributed by atoms with van der Waals surface area (Å²) in [6, 6.07) is 17.7. The molecule has 8 nitrogen and oxygen atoms in total. The minimum Gasteiger partial charge on any atom is -0.334 e. The molecule has 152 valence electrons. The maximum absolute atomic E-state index is 12.5. The first-order valence-electron chi connectivity index (χ1n) is 8.99. The number of urea groups is 1. The Balaban J connectivity index is 1.54. The van der Waals surface area contributed by atoms with Crippen LogP contribution in [0.2, 0.25) is 0 Å². The van der Waals surface area contributed by atoms with Gasteiger partial charge in [0.2, 0.25) is 10.0 Å². The highest BCUT2D eigenvalue weighted by atomic mass is 32.2. The van der Waals surface area contributed by atoms with E-state index < -0.39 is 16.1 Å². The summed E-state index contributed by atoms with van der Waals surface area (Å²) in [6.45, 7) is 0.450. The minimum absolute atomic E-state index is 0.0823. The van der Waals surface area contributed by atoms with E-state index in [9.17, 15) is 13.2 Å². The Hall–Kier alpha value is -3.74. The van der Waals surface area contributed by atoms with Gasteiger partial charge in [0.25, 0.3) is 0 Å². The van der Waals surface area contributed by atoms with Crippen molar-refractivity contribution in [2.45, 2.75) is 18.0 Å². The lowest BCUT2D eigenvalue weighted by molar-refractivity contribution is 0.251. The molecule has 1 heterocycles. The van der Waals surface area contributed by atoms with E-state index >= 15 is 0 Å². The summed E-state index contributed by atoms with van der Waals surface area (Å²) < 4.78 is 27.4. The van der Waals surface area contributed by atoms with E-state index in [1.165, 1.54) is 24.3 Å². The molecule has 0 aliphatic heterocycles. The van der Waals surface area contributed by atoms with E-state index in [2.05, 4.69) is 20.3 Å². The molecule has 0 unspecified atom stereocenters. The van der Waals surface area contributed by atoms with Gasteiger partial charge in [0.05, 0.1) is 16.5 Å². The number of carbonyl (C=O) groups is 1. The van der Waals surface area contributed by atoms with Crippen LogP contribution in [-0.4, -0.2) is 19.4 Å². The van der Waals surface area contributed by atoms with E-state index in [0.717, 1.165) is 11.1 Å². The molecule has 0 saturated carbocycles. The summed E-state index contributed by atoms with van der Waals surface area (Å²) in [5.41, 5.74) is 2.62. The second-order valence-electron chi connectivity index (χ2n) is 6.32. The van der Waals surface area contributed by atoms with Gasteiger partial charge in [0.15, 0.2) is 0 Å². The first-order chi connectivity index (χ1) is 14.5. The molecule has 9 heteroatoms. The molecule has 3 aromatic rings. The number of carbonyl (C=O) groups excluding carboxylic acids is 1. The van der Waals surface area contributed by atoms with Crippen molar-refractivity contribution in [2.75, 3.05) is 5.32 Å². The molecular formula is C21H19N5O3S. The fraction of sp³-hybridized carbons (Fsp3) is 0.0952. The predicted octanol–water partition coefficient (Wildman–Crippen LogP) is 2.75. The number of hydrogen-bond donors (Lipinski definition) is 3. The molecule has 2 amide bonds. The molecule has 2 aromatic carbocycles. The first kappa shape index (κ1) is 21.0. The molecule has 0 aliphatic rings. The molecule has 3 rings (SSSR count). The molecule has 1 aromatic heterocycles. The molecule has 0 spiro atoms. The molecule has 30 heavy (non-hydrogen) atoms. The summed E-state index contributed by atoms with van der Waals surface area (Å²) in [5.74, 6) is 0. The zero-order chi connectivity index (χ0) is 21.4. The van der Waals surface area contributed by atoms with Crippen LogP contribution in [0.4, 0.5) is 10.5 Å². The maximum Gasteiger partial charge on any atom is 0.319 e. The van der Waals surface area contributed by atoms with Crippen LogP contribution in [0.1, 0.15) is 16.7 Å². The molecule has 0 aliphatic carbocycles. The average Bonchev–Trinajstić information content (AvgIpc) is 2.78. The smallest absolute Gasteiger partial charge is 0.319 e. The third-order valence-electron chi connectivity index (χ3n) is 4.17. The van der Waals surface area contributed by atoms with Gasteiger partial charge in [-0.25, -0.2) is 17.9 Å². The van der Waals surface area contributed by atoms with Gasteiger partial charge in [-0.3, -0.25) is 4.98 Å². The van der Waals surface area contributed by atoms with Crippen LogP contribution in [0.5, 0.6) is 0 Å². The van der Waals surface area contributed by atoms with Crippen LogP contribution in [0.3, 0.4) is 0 Å². The monoisotopic (exact) mass is 421 g/mol. The van der Waals surface area contributed by atoms with Crippen LogP contribution >= 0.6 is 0 Å². The van der Waals surface area contributed by atoms with Gasteiger partial charge >= 0.3 is 6.03 Å². The lowest BCUT2D eigenvalue weighted by atomic mass is 10.1. The third kappa shape index (κ3) is 5.88. The van der Waals surface area contributed by atoms with Crippen molar-refractivity contribution in [3.8, 4) is 6.07 Å². The van der Waals surface area contributed by atoms with Gasteiger partial charge in [-0.05, 0) is 59.7 Å². The zero-order valence-corrected chi connectivity index (χ0v) is 16.7. The standard InChI is InChI=1S/C21H19N5O3S/c22-13-16-1-3-17(4-2-16)15-25-30(28,29)20-7-5-19(6-8-20)26-21(27)24-14-18-9-11-23-12-10-18/h1-12,25H,14-15H2,(H2,24,26,27). The van der Waals surface area contributed by atoms with Crippen molar-refractivity contribution in [1.82, 2.24) is 15.0 Å². The number of rotatable bonds is 7. The van der Waals surface area contributed by atoms with Crippen LogP contribution in [0.15, 0.2) is 78.0 Å². The number of sulfonamides is 1. The Kier molecular flexibility index (Phi) is 6.75. The Morgan fingerprint density at radius 1 is 0.900 bits per heavy atom. The van der Waals surface area contributed by atoms with Crippen molar-refractivity contribution in [2.24, 2.45) is 0 Å². The first-order valence-corrected chi connectivity index (χ1v) is 10.5. The molecular weight excluding hydrogens is 402 g/mol. The summed E-state index contributed by atoms with van der Waals surface area (Å²) in [4.78, 5) is 16.0. The summed E-state index contributed by atoms with van der Waals surface area (Å²) in [5, 5.41) is 14.2. The predicted molar refractivity (Wildman–Crippen MR) is 112 cm³/mol. The van der Waals surface area contributed by atoms with Crippen LogP contribution in [-0.2, 0) is 23.1 Å². The number of benzene rings is 2. The van der Waals surface area contributed by atoms with Gasteiger partial charge in [0, 0.05) is 31.2 Å². The van der Waals surface area contributed by atoms with E-state index in [1.54, 1.807) is 48.8 Å². The van der Waals surface area contributed by atoms with Crippen LogP contribution in [0.25, 0.3) is 0 Å². The number of anilines is 1. The number of pyridine rings is 1. The molecule has 0 saturated heterocycles. The average molecular weight is 421 g/mol. The number of aromatic nitrogens is 1. The number of nitriles is 1. The molecule has 0 radical (unpaired) electrons. The highest BCUT2D eigenvalue weighted by Crippen LogP contribution is 2.15. The van der Waals surface area contributed by atoms with E-state index in [4.69, 9.17) is 5.26 Å². The number of hydrogen-bond acceptors (Lipinski definition) is 5. The number of nitrogens with zero attached hydrogens (tertiary/aromatic N) is 2. The van der Waals surface area contributed by atoms with Gasteiger partial charge in [-0.15, -0.1) is 0 Å². The van der Waals surface area contributed by atoms with Gasteiger partial charge < -0.3 is 10.6 Å². The van der Waals surface area contributed by atoms with Gasteiger partial charge in [-0.2, -0.15) is 5.26 Å². The van der Waals surface area contributed by atoms with E-state index in [1.807, 2.05) is 6.07 Å². The quantitative estimate of drug-likeness (QED) is 0.541. The van der Waals surface area contributed by atoms with Gasteiger partial charge in [0.1, 0.15) is 0 Å². The topological polar surface area (TPSA) is 124 Å². The lowest BCUT2D eigenvalue weighted by Gasteiger charge is -2.10. The second kappa shape index (κ2) is 9.65. The fourth-order valence-corrected chi connectivity index (χ4v) is 3.55. The van der Waals surface area contributed by atoms with Crippen LogP contribution < -0.4 is 15.4 Å². The number of nitrogens with one attached hydrogen (secondary N) is 3.